The number of likely N-dealkylation sites (tertiary alicyclic amines) is 1. The molecule has 0 N–H and O–H groups in total. The molecule has 1 aliphatic carbocycles. The van der Waals surface area contributed by atoms with Gasteiger partial charge < -0.3 is 4.90 Å². The molecular weight excluding hydrogens is 166 g/mol. The van der Waals surface area contributed by atoms with Gasteiger partial charge in [0.25, 0.3) is 0 Å². The lowest BCUT2D eigenvalue weighted by atomic mass is 9.84. The van der Waals surface area contributed by atoms with Crippen LogP contribution in [0.25, 0.3) is 0 Å². The van der Waals surface area contributed by atoms with Gasteiger partial charge in [-0.2, -0.15) is 0 Å². The van der Waals surface area contributed by atoms with Gasteiger partial charge in [-0.3, -0.25) is 9.59 Å². The van der Waals surface area contributed by atoms with Gasteiger partial charge in [-0.15, -0.1) is 0 Å². The third-order valence-corrected chi connectivity index (χ3v) is 3.29. The molecule has 1 saturated carbocycles. The van der Waals surface area contributed by atoms with E-state index in [2.05, 4.69) is 0 Å². The van der Waals surface area contributed by atoms with Gasteiger partial charge in [0.05, 0.1) is 0 Å². The predicted octanol–water partition coefficient (Wildman–Crippen LogP) is 0.976. The molecular formula is C10H15NO2. The molecule has 13 heavy (non-hydrogen) atoms. The van der Waals surface area contributed by atoms with Gasteiger partial charge in [-0.05, 0) is 19.3 Å². The van der Waals surface area contributed by atoms with Gasteiger partial charge >= 0.3 is 0 Å². The number of carbonyl (C=O) groups excluding carboxylic acids is 2. The molecule has 0 radical (unpaired) electrons. The van der Waals surface area contributed by atoms with Gasteiger partial charge in [0.15, 0.2) is 0 Å². The highest BCUT2D eigenvalue weighted by atomic mass is 16.2. The lowest BCUT2D eigenvalue weighted by Crippen LogP contribution is -2.40. The number of rotatable bonds is 0. The van der Waals surface area contributed by atoms with E-state index in [-0.39, 0.29) is 17.9 Å². The van der Waals surface area contributed by atoms with Crippen LogP contribution in [0.2, 0.25) is 0 Å². The summed E-state index contributed by atoms with van der Waals surface area (Å²) in [5.41, 5.74) is 0. The Bertz CT molecular complexity index is 243. The van der Waals surface area contributed by atoms with Crippen LogP contribution in [-0.4, -0.2) is 29.2 Å². The Hall–Kier alpha value is -0.860. The number of fused-ring (bicyclic) bond motifs is 1. The van der Waals surface area contributed by atoms with Crippen molar-refractivity contribution in [3.05, 3.63) is 0 Å². The van der Waals surface area contributed by atoms with Crippen molar-refractivity contribution in [3.8, 4) is 0 Å². The summed E-state index contributed by atoms with van der Waals surface area (Å²) in [7, 11) is 0. The van der Waals surface area contributed by atoms with Gasteiger partial charge in [0.2, 0.25) is 5.91 Å². The Morgan fingerprint density at radius 2 is 2.23 bits per heavy atom. The SMILES string of the molecule is CC(=O)N1CCC2C(=O)CCC[C@H]21. The van der Waals surface area contributed by atoms with E-state index in [4.69, 9.17) is 0 Å². The molecule has 1 saturated heterocycles. The van der Waals surface area contributed by atoms with Crippen LogP contribution in [0.4, 0.5) is 0 Å². The zero-order chi connectivity index (χ0) is 9.42. The largest absolute Gasteiger partial charge is 0.339 e. The number of hydrogen-bond donors (Lipinski definition) is 0. The van der Waals surface area contributed by atoms with E-state index in [0.717, 1.165) is 32.2 Å². The number of carbonyl (C=O) groups is 2. The van der Waals surface area contributed by atoms with Crippen molar-refractivity contribution < 1.29 is 9.59 Å². The maximum absolute atomic E-state index is 11.5. The summed E-state index contributed by atoms with van der Waals surface area (Å²) in [6, 6.07) is 0.235. The smallest absolute Gasteiger partial charge is 0.219 e. The second kappa shape index (κ2) is 3.13. The molecule has 0 aromatic carbocycles. The molecule has 2 atom stereocenters. The molecule has 1 unspecified atom stereocenters. The van der Waals surface area contributed by atoms with Crippen LogP contribution in [0.15, 0.2) is 0 Å². The summed E-state index contributed by atoms with van der Waals surface area (Å²) < 4.78 is 0. The van der Waals surface area contributed by atoms with Gasteiger partial charge in [-0.25, -0.2) is 0 Å². The average Bonchev–Trinajstić information content (AvgIpc) is 2.48. The molecule has 2 aliphatic rings. The highest BCUT2D eigenvalue weighted by Gasteiger charge is 2.41. The maximum atomic E-state index is 11.5. The Morgan fingerprint density at radius 3 is 2.92 bits per heavy atom. The van der Waals surface area contributed by atoms with Crippen molar-refractivity contribution in [1.29, 1.82) is 0 Å². The van der Waals surface area contributed by atoms with E-state index in [0.29, 0.717) is 5.78 Å². The Morgan fingerprint density at radius 1 is 1.46 bits per heavy atom. The second-order valence-corrected chi connectivity index (χ2v) is 4.03. The third kappa shape index (κ3) is 1.36. The average molecular weight is 181 g/mol. The molecule has 2 fully saturated rings. The monoisotopic (exact) mass is 181 g/mol. The van der Waals surface area contributed by atoms with Gasteiger partial charge in [0.1, 0.15) is 5.78 Å². The minimum Gasteiger partial charge on any atom is -0.339 e. The van der Waals surface area contributed by atoms with E-state index in [1.807, 2.05) is 4.90 Å². The molecule has 0 spiro atoms. The van der Waals surface area contributed by atoms with Crippen LogP contribution in [0, 0.1) is 5.92 Å². The first-order valence-electron chi connectivity index (χ1n) is 5.00. The molecule has 0 aromatic rings. The van der Waals surface area contributed by atoms with E-state index in [1.54, 1.807) is 6.92 Å². The summed E-state index contributed by atoms with van der Waals surface area (Å²) in [4.78, 5) is 24.6. The Kier molecular flexibility index (Phi) is 2.10. The molecule has 1 heterocycles. The molecule has 0 aromatic heterocycles. The molecule has 3 nitrogen and oxygen atoms in total. The first-order valence-corrected chi connectivity index (χ1v) is 5.00. The summed E-state index contributed by atoms with van der Waals surface area (Å²) >= 11 is 0. The summed E-state index contributed by atoms with van der Waals surface area (Å²) in [5.74, 6) is 0.667. The molecule has 3 heteroatoms. The van der Waals surface area contributed by atoms with Crippen molar-refractivity contribution >= 4 is 11.7 Å². The fourth-order valence-corrected chi connectivity index (χ4v) is 2.65. The fourth-order valence-electron chi connectivity index (χ4n) is 2.65. The zero-order valence-electron chi connectivity index (χ0n) is 7.95. The first kappa shape index (κ1) is 8.73. The van der Waals surface area contributed by atoms with Crippen LogP contribution in [-0.2, 0) is 9.59 Å². The number of amides is 1. The van der Waals surface area contributed by atoms with Crippen molar-refractivity contribution in [2.24, 2.45) is 5.92 Å². The molecule has 2 rings (SSSR count). The lowest BCUT2D eigenvalue weighted by molar-refractivity contribution is -0.132. The maximum Gasteiger partial charge on any atom is 0.219 e. The minimum atomic E-state index is 0.127. The van der Waals surface area contributed by atoms with E-state index >= 15 is 0 Å². The normalized spacial score (nSPS) is 33.3. The number of nitrogens with zero attached hydrogens (tertiary/aromatic N) is 1. The second-order valence-electron chi connectivity index (χ2n) is 4.03. The van der Waals surface area contributed by atoms with Crippen molar-refractivity contribution in [1.82, 2.24) is 4.90 Å². The van der Waals surface area contributed by atoms with E-state index in [1.165, 1.54) is 0 Å². The Balaban J connectivity index is 2.14. The summed E-state index contributed by atoms with van der Waals surface area (Å²) in [6.45, 7) is 2.39. The topological polar surface area (TPSA) is 37.4 Å². The van der Waals surface area contributed by atoms with Crippen molar-refractivity contribution in [2.45, 2.75) is 38.6 Å². The van der Waals surface area contributed by atoms with Crippen LogP contribution >= 0.6 is 0 Å². The van der Waals surface area contributed by atoms with Crippen LogP contribution in [0.1, 0.15) is 32.6 Å². The summed E-state index contributed by atoms with van der Waals surface area (Å²) in [6.07, 6.45) is 3.61. The zero-order valence-corrected chi connectivity index (χ0v) is 7.95. The standard InChI is InChI=1S/C10H15NO2/c1-7(12)11-6-5-8-9(11)3-2-4-10(8)13/h8-9H,2-6H2,1H3/t8?,9-/m1/s1. The minimum absolute atomic E-state index is 0.127. The summed E-state index contributed by atoms with van der Waals surface area (Å²) in [5, 5.41) is 0. The highest BCUT2D eigenvalue weighted by molar-refractivity contribution is 5.84. The van der Waals surface area contributed by atoms with Gasteiger partial charge in [-0.1, -0.05) is 0 Å². The molecule has 0 bridgehead atoms. The van der Waals surface area contributed by atoms with Crippen LogP contribution in [0.3, 0.4) is 0 Å². The molecule has 72 valence electrons. The van der Waals surface area contributed by atoms with E-state index < -0.39 is 0 Å². The van der Waals surface area contributed by atoms with E-state index in [9.17, 15) is 9.59 Å². The first-order chi connectivity index (χ1) is 6.20. The van der Waals surface area contributed by atoms with Crippen LogP contribution < -0.4 is 0 Å². The molecule has 1 aliphatic heterocycles. The third-order valence-electron chi connectivity index (χ3n) is 3.29. The highest BCUT2D eigenvalue weighted by Crippen LogP contribution is 2.33. The van der Waals surface area contributed by atoms with Crippen molar-refractivity contribution in [3.63, 3.8) is 0 Å². The number of hydrogen-bond acceptors (Lipinski definition) is 2. The fraction of sp³-hybridized carbons (Fsp3) is 0.800. The van der Waals surface area contributed by atoms with Crippen molar-refractivity contribution in [2.75, 3.05) is 6.54 Å². The predicted molar refractivity (Wildman–Crippen MR) is 48.1 cm³/mol. The van der Waals surface area contributed by atoms with Gasteiger partial charge in [0, 0.05) is 31.8 Å². The quantitative estimate of drug-likeness (QED) is 0.558. The number of Topliss-reactive ketones (excluding diaryl/α,β-unsaturated/α-hetero) is 1. The lowest BCUT2D eigenvalue weighted by Gasteiger charge is -2.29. The molecule has 1 amide bonds. The van der Waals surface area contributed by atoms with Crippen LogP contribution in [0.5, 0.6) is 0 Å². The Labute approximate surface area is 78.1 Å². The number of ketones is 1.